The summed E-state index contributed by atoms with van der Waals surface area (Å²) in [6.45, 7) is 8.57. The van der Waals surface area contributed by atoms with Gasteiger partial charge in [0.2, 0.25) is 0 Å². The maximum atomic E-state index is 5.50. The summed E-state index contributed by atoms with van der Waals surface area (Å²) in [5.74, 6) is 0.467. The van der Waals surface area contributed by atoms with Crippen LogP contribution >= 0.6 is 0 Å². The van der Waals surface area contributed by atoms with Crippen molar-refractivity contribution in [2.24, 2.45) is 0 Å². The lowest BCUT2D eigenvalue weighted by molar-refractivity contribution is 0.129. The first-order valence-corrected chi connectivity index (χ1v) is 5.69. The van der Waals surface area contributed by atoms with E-state index in [1.165, 1.54) is 11.3 Å². The van der Waals surface area contributed by atoms with E-state index in [0.717, 1.165) is 32.8 Å². The molecule has 1 aromatic rings. The molecule has 4 heteroatoms. The number of aromatic nitrogens is 2. The zero-order valence-electron chi connectivity index (χ0n) is 9.49. The SMILES string of the molecule is CCOC[C@H]1CNCc2nn(CC)cc21. The minimum absolute atomic E-state index is 0.467. The number of nitrogens with one attached hydrogen (secondary N) is 1. The number of ether oxygens (including phenoxy) is 1. The van der Waals surface area contributed by atoms with Crippen molar-refractivity contribution in [3.05, 3.63) is 17.5 Å². The van der Waals surface area contributed by atoms with Gasteiger partial charge >= 0.3 is 0 Å². The summed E-state index contributed by atoms with van der Waals surface area (Å²) < 4.78 is 7.51. The predicted octanol–water partition coefficient (Wildman–Crippen LogP) is 1.13. The topological polar surface area (TPSA) is 39.1 Å². The van der Waals surface area contributed by atoms with E-state index in [9.17, 15) is 0 Å². The van der Waals surface area contributed by atoms with Gasteiger partial charge in [-0.3, -0.25) is 4.68 Å². The Labute approximate surface area is 90.6 Å². The summed E-state index contributed by atoms with van der Waals surface area (Å²) in [6, 6.07) is 0. The summed E-state index contributed by atoms with van der Waals surface area (Å²) in [5, 5.41) is 7.91. The Hall–Kier alpha value is -0.870. The summed E-state index contributed by atoms with van der Waals surface area (Å²) in [5.41, 5.74) is 2.55. The number of fused-ring (bicyclic) bond motifs is 1. The molecular weight excluding hydrogens is 190 g/mol. The molecule has 2 heterocycles. The van der Waals surface area contributed by atoms with Gasteiger partial charge in [0.05, 0.1) is 12.3 Å². The van der Waals surface area contributed by atoms with Crippen LogP contribution in [-0.2, 0) is 17.8 Å². The second-order valence-corrected chi connectivity index (χ2v) is 3.87. The van der Waals surface area contributed by atoms with Crippen LogP contribution in [0.25, 0.3) is 0 Å². The van der Waals surface area contributed by atoms with Crippen LogP contribution in [0.15, 0.2) is 6.20 Å². The zero-order chi connectivity index (χ0) is 10.7. The van der Waals surface area contributed by atoms with Gasteiger partial charge < -0.3 is 10.1 Å². The summed E-state index contributed by atoms with van der Waals surface area (Å²) in [7, 11) is 0. The van der Waals surface area contributed by atoms with Crippen molar-refractivity contribution in [3.63, 3.8) is 0 Å². The minimum Gasteiger partial charge on any atom is -0.381 e. The van der Waals surface area contributed by atoms with Crippen LogP contribution in [0.1, 0.15) is 31.0 Å². The molecule has 84 valence electrons. The first-order valence-electron chi connectivity index (χ1n) is 5.69. The molecule has 0 radical (unpaired) electrons. The summed E-state index contributed by atoms with van der Waals surface area (Å²) >= 11 is 0. The fourth-order valence-electron chi connectivity index (χ4n) is 2.00. The molecule has 2 rings (SSSR count). The number of hydrogen-bond acceptors (Lipinski definition) is 3. The second kappa shape index (κ2) is 4.77. The maximum Gasteiger partial charge on any atom is 0.0798 e. The Morgan fingerprint density at radius 3 is 3.20 bits per heavy atom. The van der Waals surface area contributed by atoms with E-state index in [4.69, 9.17) is 4.74 Å². The number of nitrogens with zero attached hydrogens (tertiary/aromatic N) is 2. The highest BCUT2D eigenvalue weighted by molar-refractivity contribution is 5.25. The number of rotatable bonds is 4. The minimum atomic E-state index is 0.467. The van der Waals surface area contributed by atoms with Gasteiger partial charge in [0.1, 0.15) is 0 Å². The zero-order valence-corrected chi connectivity index (χ0v) is 9.49. The van der Waals surface area contributed by atoms with Crippen molar-refractivity contribution >= 4 is 0 Å². The van der Waals surface area contributed by atoms with E-state index >= 15 is 0 Å². The van der Waals surface area contributed by atoms with Crippen molar-refractivity contribution in [3.8, 4) is 0 Å². The fourth-order valence-corrected chi connectivity index (χ4v) is 2.00. The summed E-state index contributed by atoms with van der Waals surface area (Å²) in [4.78, 5) is 0. The van der Waals surface area contributed by atoms with Crippen molar-refractivity contribution in [2.45, 2.75) is 32.9 Å². The molecule has 4 nitrogen and oxygen atoms in total. The van der Waals surface area contributed by atoms with Crippen molar-refractivity contribution in [2.75, 3.05) is 19.8 Å². The Bertz CT molecular complexity index is 322. The standard InChI is InChI=1S/C11H19N3O/c1-3-14-7-10-9(8-15-4-2)5-12-6-11(10)13-14/h7,9,12H,3-6,8H2,1-2H3/t9-/m1/s1. The molecule has 0 aliphatic carbocycles. The van der Waals surface area contributed by atoms with Gasteiger partial charge in [0.25, 0.3) is 0 Å². The highest BCUT2D eigenvalue weighted by Crippen LogP contribution is 2.23. The van der Waals surface area contributed by atoms with Gasteiger partial charge in [0.15, 0.2) is 0 Å². The van der Waals surface area contributed by atoms with Crippen LogP contribution in [-0.4, -0.2) is 29.5 Å². The van der Waals surface area contributed by atoms with E-state index in [1.54, 1.807) is 0 Å². The van der Waals surface area contributed by atoms with Crippen LogP contribution in [0, 0.1) is 0 Å². The lowest BCUT2D eigenvalue weighted by Gasteiger charge is -2.21. The van der Waals surface area contributed by atoms with Crippen molar-refractivity contribution < 1.29 is 4.74 Å². The monoisotopic (exact) mass is 209 g/mol. The molecule has 0 amide bonds. The molecule has 0 unspecified atom stereocenters. The first-order chi connectivity index (χ1) is 7.35. The molecule has 0 aromatic carbocycles. The van der Waals surface area contributed by atoms with E-state index in [2.05, 4.69) is 23.5 Å². The highest BCUT2D eigenvalue weighted by atomic mass is 16.5. The van der Waals surface area contributed by atoms with Gasteiger partial charge in [-0.1, -0.05) is 0 Å². The molecule has 15 heavy (non-hydrogen) atoms. The quantitative estimate of drug-likeness (QED) is 0.808. The van der Waals surface area contributed by atoms with E-state index < -0.39 is 0 Å². The molecule has 1 N–H and O–H groups in total. The number of aryl methyl sites for hydroxylation is 1. The van der Waals surface area contributed by atoms with Gasteiger partial charge in [-0.05, 0) is 13.8 Å². The first kappa shape index (κ1) is 10.6. The lowest BCUT2D eigenvalue weighted by Crippen LogP contribution is -2.30. The molecule has 0 bridgehead atoms. The summed E-state index contributed by atoms with van der Waals surface area (Å²) in [6.07, 6.45) is 2.17. The van der Waals surface area contributed by atoms with Gasteiger partial charge in [-0.25, -0.2) is 0 Å². The third-order valence-electron chi connectivity index (χ3n) is 2.84. The third-order valence-corrected chi connectivity index (χ3v) is 2.84. The van der Waals surface area contributed by atoms with Crippen LogP contribution in [0.2, 0.25) is 0 Å². The van der Waals surface area contributed by atoms with Gasteiger partial charge in [-0.2, -0.15) is 5.10 Å². The normalized spacial score (nSPS) is 20.3. The molecule has 1 atom stereocenters. The van der Waals surface area contributed by atoms with Gasteiger partial charge in [0, 0.05) is 43.9 Å². The average molecular weight is 209 g/mol. The molecular formula is C11H19N3O. The number of hydrogen-bond donors (Lipinski definition) is 1. The Kier molecular flexibility index (Phi) is 3.38. The molecule has 0 fully saturated rings. The average Bonchev–Trinajstić information content (AvgIpc) is 2.69. The van der Waals surface area contributed by atoms with Crippen molar-refractivity contribution in [1.82, 2.24) is 15.1 Å². The van der Waals surface area contributed by atoms with E-state index in [-0.39, 0.29) is 0 Å². The van der Waals surface area contributed by atoms with Crippen LogP contribution < -0.4 is 5.32 Å². The van der Waals surface area contributed by atoms with Crippen molar-refractivity contribution in [1.29, 1.82) is 0 Å². The lowest BCUT2D eigenvalue weighted by atomic mass is 9.97. The fraction of sp³-hybridized carbons (Fsp3) is 0.727. The largest absolute Gasteiger partial charge is 0.381 e. The second-order valence-electron chi connectivity index (χ2n) is 3.87. The van der Waals surface area contributed by atoms with E-state index in [0.29, 0.717) is 5.92 Å². The Morgan fingerprint density at radius 2 is 2.47 bits per heavy atom. The maximum absolute atomic E-state index is 5.50. The molecule has 0 saturated carbocycles. The molecule has 1 aromatic heterocycles. The van der Waals surface area contributed by atoms with Crippen LogP contribution in [0.3, 0.4) is 0 Å². The third kappa shape index (κ3) is 2.21. The van der Waals surface area contributed by atoms with Crippen LogP contribution in [0.4, 0.5) is 0 Å². The molecule has 1 aliphatic rings. The Balaban J connectivity index is 2.14. The van der Waals surface area contributed by atoms with Crippen LogP contribution in [0.5, 0.6) is 0 Å². The molecule has 0 spiro atoms. The van der Waals surface area contributed by atoms with Gasteiger partial charge in [-0.15, -0.1) is 0 Å². The molecule has 1 aliphatic heterocycles. The highest BCUT2D eigenvalue weighted by Gasteiger charge is 2.22. The van der Waals surface area contributed by atoms with E-state index in [1.807, 2.05) is 11.6 Å². The Morgan fingerprint density at radius 1 is 1.60 bits per heavy atom. The smallest absolute Gasteiger partial charge is 0.0798 e. The molecule has 0 saturated heterocycles. The predicted molar refractivity (Wildman–Crippen MR) is 58.8 cm³/mol.